The summed E-state index contributed by atoms with van der Waals surface area (Å²) in [5.74, 6) is 1.62. The first-order valence-corrected chi connectivity index (χ1v) is 7.34. The van der Waals surface area contributed by atoms with Crippen LogP contribution in [0, 0.1) is 5.82 Å². The largest absolute Gasteiger partial charge is 0.496 e. The van der Waals surface area contributed by atoms with Crippen molar-refractivity contribution in [2.24, 2.45) is 7.05 Å². The summed E-state index contributed by atoms with van der Waals surface area (Å²) in [5.41, 5.74) is 8.01. The highest BCUT2D eigenvalue weighted by atomic mass is 19.1. The monoisotopic (exact) mass is 327 g/mol. The zero-order chi connectivity index (χ0) is 17.3. The number of nitrogen functional groups attached to an aromatic ring is 1. The van der Waals surface area contributed by atoms with Gasteiger partial charge in [0.15, 0.2) is 5.82 Å². The molecule has 0 fully saturated rings. The van der Waals surface area contributed by atoms with Gasteiger partial charge in [0.2, 0.25) is 5.95 Å². The van der Waals surface area contributed by atoms with E-state index >= 15 is 0 Å². The molecule has 3 aromatic rings. The fourth-order valence-corrected chi connectivity index (χ4v) is 2.52. The summed E-state index contributed by atoms with van der Waals surface area (Å²) in [4.78, 5) is 1.83. The molecule has 0 aliphatic carbocycles. The van der Waals surface area contributed by atoms with E-state index in [4.69, 9.17) is 10.5 Å². The molecule has 24 heavy (non-hydrogen) atoms. The van der Waals surface area contributed by atoms with Crippen LogP contribution < -0.4 is 15.4 Å². The van der Waals surface area contributed by atoms with Gasteiger partial charge in [-0.2, -0.15) is 0 Å². The summed E-state index contributed by atoms with van der Waals surface area (Å²) in [6.07, 6.45) is 0. The molecule has 124 valence electrons. The molecular formula is C17H18FN5O. The fraction of sp³-hybridized carbons (Fsp3) is 0.176. The van der Waals surface area contributed by atoms with Crippen molar-refractivity contribution in [2.45, 2.75) is 0 Å². The Morgan fingerprint density at radius 1 is 1.12 bits per heavy atom. The van der Waals surface area contributed by atoms with Crippen molar-refractivity contribution >= 4 is 17.3 Å². The zero-order valence-electron chi connectivity index (χ0n) is 13.7. The second-order valence-electron chi connectivity index (χ2n) is 5.38. The van der Waals surface area contributed by atoms with Gasteiger partial charge in [-0.15, -0.1) is 10.2 Å². The number of hydrogen-bond acceptors (Lipinski definition) is 5. The Balaban J connectivity index is 2.01. The van der Waals surface area contributed by atoms with E-state index in [-0.39, 0.29) is 5.82 Å². The predicted octanol–water partition coefficient (Wildman–Crippen LogP) is 2.98. The third-order valence-corrected chi connectivity index (χ3v) is 3.83. The maximum atomic E-state index is 13.1. The summed E-state index contributed by atoms with van der Waals surface area (Å²) < 4.78 is 20.3. The Bertz CT molecular complexity index is 860. The number of aromatic nitrogens is 3. The first-order chi connectivity index (χ1) is 11.5. The molecule has 1 aromatic heterocycles. The molecule has 7 heteroatoms. The minimum absolute atomic E-state index is 0.280. The average Bonchev–Trinajstić information content (AvgIpc) is 2.96. The van der Waals surface area contributed by atoms with E-state index < -0.39 is 0 Å². The fourth-order valence-electron chi connectivity index (χ4n) is 2.52. The molecule has 0 saturated carbocycles. The summed E-state index contributed by atoms with van der Waals surface area (Å²) in [7, 11) is 5.29. The molecule has 0 saturated heterocycles. The summed E-state index contributed by atoms with van der Waals surface area (Å²) in [6, 6.07) is 11.6. The number of hydrogen-bond donors (Lipinski definition) is 1. The van der Waals surface area contributed by atoms with Crippen LogP contribution in [0.3, 0.4) is 0 Å². The first-order valence-electron chi connectivity index (χ1n) is 7.34. The Kier molecular flexibility index (Phi) is 4.07. The standard InChI is InChI=1S/C17H18FN5O/c1-22(13-7-4-11(18)5-8-13)17-21-20-16(23(17)2)14-9-6-12(19)10-15(14)24-3/h4-10H,19H2,1-3H3. The van der Waals surface area contributed by atoms with Gasteiger partial charge in [-0.25, -0.2) is 4.39 Å². The number of anilines is 3. The van der Waals surface area contributed by atoms with Gasteiger partial charge < -0.3 is 15.4 Å². The number of ether oxygens (including phenoxy) is 1. The van der Waals surface area contributed by atoms with E-state index in [1.54, 1.807) is 31.4 Å². The third kappa shape index (κ3) is 2.76. The van der Waals surface area contributed by atoms with Crippen molar-refractivity contribution in [3.05, 3.63) is 48.3 Å². The molecular weight excluding hydrogens is 309 g/mol. The molecule has 0 radical (unpaired) electrons. The minimum Gasteiger partial charge on any atom is -0.496 e. The molecule has 1 heterocycles. The van der Waals surface area contributed by atoms with Crippen molar-refractivity contribution in [3.8, 4) is 17.1 Å². The van der Waals surface area contributed by atoms with Crippen LogP contribution in [-0.4, -0.2) is 28.9 Å². The number of nitrogens with zero attached hydrogens (tertiary/aromatic N) is 4. The summed E-state index contributed by atoms with van der Waals surface area (Å²) in [6.45, 7) is 0. The normalized spacial score (nSPS) is 10.7. The SMILES string of the molecule is COc1cc(N)ccc1-c1nnc(N(C)c2ccc(F)cc2)n1C. The van der Waals surface area contributed by atoms with E-state index in [1.165, 1.54) is 12.1 Å². The highest BCUT2D eigenvalue weighted by Crippen LogP contribution is 2.32. The zero-order valence-corrected chi connectivity index (χ0v) is 13.7. The number of benzene rings is 2. The molecule has 2 N–H and O–H groups in total. The van der Waals surface area contributed by atoms with E-state index in [9.17, 15) is 4.39 Å². The molecule has 3 rings (SSSR count). The van der Waals surface area contributed by atoms with E-state index in [2.05, 4.69) is 10.2 Å². The molecule has 2 aromatic carbocycles. The summed E-state index contributed by atoms with van der Waals surface area (Å²) in [5, 5.41) is 8.51. The van der Waals surface area contributed by atoms with Gasteiger partial charge in [0.25, 0.3) is 0 Å². The minimum atomic E-state index is -0.280. The Morgan fingerprint density at radius 3 is 2.50 bits per heavy atom. The van der Waals surface area contributed by atoms with Crippen molar-refractivity contribution in [2.75, 3.05) is 24.8 Å². The van der Waals surface area contributed by atoms with E-state index in [0.29, 0.717) is 23.2 Å². The van der Waals surface area contributed by atoms with Crippen LogP contribution in [-0.2, 0) is 7.05 Å². The topological polar surface area (TPSA) is 69.2 Å². The van der Waals surface area contributed by atoms with Crippen molar-refractivity contribution in [1.29, 1.82) is 0 Å². The number of nitrogens with two attached hydrogens (primary N) is 1. The smallest absolute Gasteiger partial charge is 0.231 e. The second-order valence-corrected chi connectivity index (χ2v) is 5.38. The molecule has 0 atom stereocenters. The lowest BCUT2D eigenvalue weighted by Gasteiger charge is -2.18. The van der Waals surface area contributed by atoms with Crippen molar-refractivity contribution in [3.63, 3.8) is 0 Å². The molecule has 0 aliphatic heterocycles. The van der Waals surface area contributed by atoms with Crippen LogP contribution in [0.2, 0.25) is 0 Å². The van der Waals surface area contributed by atoms with Gasteiger partial charge in [-0.1, -0.05) is 0 Å². The second kappa shape index (κ2) is 6.19. The lowest BCUT2D eigenvalue weighted by Crippen LogP contribution is -2.14. The number of methoxy groups -OCH3 is 1. The lowest BCUT2D eigenvalue weighted by atomic mass is 10.1. The molecule has 0 amide bonds. The molecule has 0 bridgehead atoms. The maximum absolute atomic E-state index is 13.1. The molecule has 0 spiro atoms. The van der Waals surface area contributed by atoms with E-state index in [0.717, 1.165) is 11.3 Å². The quantitative estimate of drug-likeness (QED) is 0.746. The predicted molar refractivity (Wildman–Crippen MR) is 91.9 cm³/mol. The van der Waals surface area contributed by atoms with Crippen LogP contribution in [0.4, 0.5) is 21.7 Å². The van der Waals surface area contributed by atoms with Crippen LogP contribution in [0.1, 0.15) is 0 Å². The molecule has 6 nitrogen and oxygen atoms in total. The van der Waals surface area contributed by atoms with E-state index in [1.807, 2.05) is 29.6 Å². The van der Waals surface area contributed by atoms with Crippen molar-refractivity contribution in [1.82, 2.24) is 14.8 Å². The first kappa shape index (κ1) is 15.8. The van der Waals surface area contributed by atoms with Gasteiger partial charge >= 0.3 is 0 Å². The molecule has 0 aliphatic rings. The number of rotatable bonds is 4. The van der Waals surface area contributed by atoms with Crippen LogP contribution >= 0.6 is 0 Å². The Morgan fingerprint density at radius 2 is 1.83 bits per heavy atom. The number of halogens is 1. The van der Waals surface area contributed by atoms with Gasteiger partial charge in [-0.05, 0) is 36.4 Å². The maximum Gasteiger partial charge on any atom is 0.231 e. The van der Waals surface area contributed by atoms with Crippen molar-refractivity contribution < 1.29 is 9.13 Å². The highest BCUT2D eigenvalue weighted by molar-refractivity contribution is 5.70. The van der Waals surface area contributed by atoms with Gasteiger partial charge in [0, 0.05) is 31.5 Å². The van der Waals surface area contributed by atoms with Crippen LogP contribution in [0.15, 0.2) is 42.5 Å². The Labute approximate surface area is 139 Å². The van der Waals surface area contributed by atoms with Crippen LogP contribution in [0.25, 0.3) is 11.4 Å². The lowest BCUT2D eigenvalue weighted by molar-refractivity contribution is 0.416. The van der Waals surface area contributed by atoms with Gasteiger partial charge in [0.05, 0.1) is 12.7 Å². The third-order valence-electron chi connectivity index (χ3n) is 3.83. The highest BCUT2D eigenvalue weighted by Gasteiger charge is 2.18. The van der Waals surface area contributed by atoms with Gasteiger partial charge in [0.1, 0.15) is 11.6 Å². The Hall–Kier alpha value is -3.09. The average molecular weight is 327 g/mol. The van der Waals surface area contributed by atoms with Gasteiger partial charge in [-0.3, -0.25) is 4.57 Å². The van der Waals surface area contributed by atoms with Crippen LogP contribution in [0.5, 0.6) is 5.75 Å². The molecule has 0 unspecified atom stereocenters. The summed E-state index contributed by atoms with van der Waals surface area (Å²) >= 11 is 0.